The third-order valence-electron chi connectivity index (χ3n) is 2.70. The minimum atomic E-state index is -0.963. The molecule has 2 N–H and O–H groups in total. The molecule has 2 heterocycles. The molecule has 0 aliphatic rings. The first-order chi connectivity index (χ1) is 8.99. The molecule has 19 heavy (non-hydrogen) atoms. The SMILES string of the molecule is CCc1nn(C)cc1Nc1cc(C(=O)O)cc(C)n1. The van der Waals surface area contributed by atoms with E-state index in [2.05, 4.69) is 15.4 Å². The van der Waals surface area contributed by atoms with Gasteiger partial charge in [0.25, 0.3) is 0 Å². The molecule has 0 spiro atoms. The van der Waals surface area contributed by atoms with Crippen molar-refractivity contribution in [1.29, 1.82) is 0 Å². The Bertz CT molecular complexity index is 619. The Morgan fingerprint density at radius 3 is 2.84 bits per heavy atom. The summed E-state index contributed by atoms with van der Waals surface area (Å²) < 4.78 is 1.72. The van der Waals surface area contributed by atoms with Gasteiger partial charge < -0.3 is 10.4 Å². The van der Waals surface area contributed by atoms with Gasteiger partial charge in [-0.2, -0.15) is 5.10 Å². The summed E-state index contributed by atoms with van der Waals surface area (Å²) in [5, 5.41) is 16.5. The Balaban J connectivity index is 2.35. The highest BCUT2D eigenvalue weighted by Crippen LogP contribution is 2.20. The molecule has 0 atom stereocenters. The lowest BCUT2D eigenvalue weighted by molar-refractivity contribution is 0.0696. The fourth-order valence-corrected chi connectivity index (χ4v) is 1.89. The lowest BCUT2D eigenvalue weighted by Crippen LogP contribution is -2.02. The van der Waals surface area contributed by atoms with Crippen LogP contribution in [0.3, 0.4) is 0 Å². The molecular weight excluding hydrogens is 244 g/mol. The van der Waals surface area contributed by atoms with Gasteiger partial charge in [0.1, 0.15) is 5.82 Å². The second-order valence-corrected chi connectivity index (χ2v) is 4.33. The predicted octanol–water partition coefficient (Wildman–Crippen LogP) is 2.13. The number of carboxylic acids is 1. The van der Waals surface area contributed by atoms with Gasteiger partial charge in [0.2, 0.25) is 0 Å². The minimum Gasteiger partial charge on any atom is -0.478 e. The van der Waals surface area contributed by atoms with Crippen LogP contribution in [0.4, 0.5) is 11.5 Å². The van der Waals surface area contributed by atoms with Crippen LogP contribution in [-0.2, 0) is 13.5 Å². The Kier molecular flexibility index (Phi) is 3.50. The molecule has 2 aromatic heterocycles. The number of aromatic nitrogens is 3. The van der Waals surface area contributed by atoms with Gasteiger partial charge in [-0.25, -0.2) is 9.78 Å². The summed E-state index contributed by atoms with van der Waals surface area (Å²) in [4.78, 5) is 15.3. The fourth-order valence-electron chi connectivity index (χ4n) is 1.89. The van der Waals surface area contributed by atoms with E-state index >= 15 is 0 Å². The van der Waals surface area contributed by atoms with Gasteiger partial charge >= 0.3 is 5.97 Å². The van der Waals surface area contributed by atoms with Crippen molar-refractivity contribution in [3.63, 3.8) is 0 Å². The van der Waals surface area contributed by atoms with Crippen LogP contribution in [-0.4, -0.2) is 25.8 Å². The second kappa shape index (κ2) is 5.09. The number of hydrogen-bond acceptors (Lipinski definition) is 4. The summed E-state index contributed by atoms with van der Waals surface area (Å²) in [6.07, 6.45) is 2.64. The van der Waals surface area contributed by atoms with Crippen molar-refractivity contribution in [1.82, 2.24) is 14.8 Å². The first kappa shape index (κ1) is 13.1. The van der Waals surface area contributed by atoms with E-state index < -0.39 is 5.97 Å². The average molecular weight is 260 g/mol. The van der Waals surface area contributed by atoms with Crippen LogP contribution in [0, 0.1) is 6.92 Å². The molecule has 0 unspecified atom stereocenters. The monoisotopic (exact) mass is 260 g/mol. The molecule has 6 nitrogen and oxygen atoms in total. The molecule has 0 saturated carbocycles. The normalized spacial score (nSPS) is 10.5. The van der Waals surface area contributed by atoms with Gasteiger partial charge in [0, 0.05) is 18.9 Å². The molecule has 2 aromatic rings. The maximum absolute atomic E-state index is 11.0. The van der Waals surface area contributed by atoms with E-state index in [1.54, 1.807) is 11.6 Å². The van der Waals surface area contributed by atoms with E-state index in [9.17, 15) is 4.79 Å². The summed E-state index contributed by atoms with van der Waals surface area (Å²) in [5.41, 5.74) is 2.64. The zero-order valence-electron chi connectivity index (χ0n) is 11.1. The van der Waals surface area contributed by atoms with E-state index in [1.165, 1.54) is 12.1 Å². The lowest BCUT2D eigenvalue weighted by atomic mass is 10.2. The van der Waals surface area contributed by atoms with E-state index in [0.29, 0.717) is 11.5 Å². The summed E-state index contributed by atoms with van der Waals surface area (Å²) >= 11 is 0. The van der Waals surface area contributed by atoms with Crippen LogP contribution < -0.4 is 5.32 Å². The predicted molar refractivity (Wildman–Crippen MR) is 71.8 cm³/mol. The minimum absolute atomic E-state index is 0.219. The molecule has 0 saturated heterocycles. The Morgan fingerprint density at radius 1 is 1.47 bits per heavy atom. The van der Waals surface area contributed by atoms with Crippen molar-refractivity contribution < 1.29 is 9.90 Å². The number of nitrogens with zero attached hydrogens (tertiary/aromatic N) is 3. The van der Waals surface area contributed by atoms with Crippen LogP contribution in [0.2, 0.25) is 0 Å². The Labute approximate surface area is 111 Å². The van der Waals surface area contributed by atoms with E-state index in [-0.39, 0.29) is 5.56 Å². The van der Waals surface area contributed by atoms with Crippen LogP contribution in [0.25, 0.3) is 0 Å². The smallest absolute Gasteiger partial charge is 0.335 e. The molecule has 0 amide bonds. The van der Waals surface area contributed by atoms with Crippen LogP contribution in [0.1, 0.15) is 28.7 Å². The van der Waals surface area contributed by atoms with Gasteiger partial charge in [0.15, 0.2) is 0 Å². The Morgan fingerprint density at radius 2 is 2.21 bits per heavy atom. The maximum atomic E-state index is 11.0. The molecule has 2 rings (SSSR count). The van der Waals surface area contributed by atoms with Gasteiger partial charge in [-0.15, -0.1) is 0 Å². The number of carbonyl (C=O) groups is 1. The number of aryl methyl sites for hydroxylation is 3. The summed E-state index contributed by atoms with van der Waals surface area (Å²) in [6, 6.07) is 3.05. The molecule has 0 aliphatic heterocycles. The van der Waals surface area contributed by atoms with E-state index in [0.717, 1.165) is 17.8 Å². The third kappa shape index (κ3) is 2.90. The number of carboxylic acid groups (broad SMARTS) is 1. The quantitative estimate of drug-likeness (QED) is 0.880. The van der Waals surface area contributed by atoms with Crippen LogP contribution in [0.5, 0.6) is 0 Å². The van der Waals surface area contributed by atoms with E-state index in [1.807, 2.05) is 20.2 Å². The average Bonchev–Trinajstić information content (AvgIpc) is 2.68. The van der Waals surface area contributed by atoms with Crippen molar-refractivity contribution in [2.24, 2.45) is 7.05 Å². The number of pyridine rings is 1. The highest BCUT2D eigenvalue weighted by atomic mass is 16.4. The molecule has 100 valence electrons. The van der Waals surface area contributed by atoms with Crippen LogP contribution in [0.15, 0.2) is 18.3 Å². The molecule has 6 heteroatoms. The lowest BCUT2D eigenvalue weighted by Gasteiger charge is -2.07. The molecule has 0 bridgehead atoms. The molecule has 0 fully saturated rings. The fraction of sp³-hybridized carbons (Fsp3) is 0.308. The van der Waals surface area contributed by atoms with Gasteiger partial charge in [-0.3, -0.25) is 4.68 Å². The molecule has 0 aromatic carbocycles. The molecule has 0 radical (unpaired) electrons. The zero-order chi connectivity index (χ0) is 14.0. The van der Waals surface area contributed by atoms with Gasteiger partial charge in [-0.05, 0) is 25.5 Å². The summed E-state index contributed by atoms with van der Waals surface area (Å²) in [5.74, 6) is -0.449. The molecular formula is C13H16N4O2. The highest BCUT2D eigenvalue weighted by Gasteiger charge is 2.10. The first-order valence-corrected chi connectivity index (χ1v) is 6.01. The standard InChI is InChI=1S/C13H16N4O2/c1-4-10-11(7-17(3)16-10)15-12-6-9(13(18)19)5-8(2)14-12/h5-7H,4H2,1-3H3,(H,14,15)(H,18,19). The number of rotatable bonds is 4. The summed E-state index contributed by atoms with van der Waals surface area (Å²) in [7, 11) is 1.84. The zero-order valence-corrected chi connectivity index (χ0v) is 11.1. The first-order valence-electron chi connectivity index (χ1n) is 6.01. The topological polar surface area (TPSA) is 80.0 Å². The number of anilines is 2. The maximum Gasteiger partial charge on any atom is 0.335 e. The van der Waals surface area contributed by atoms with Crippen molar-refractivity contribution in [3.05, 3.63) is 35.3 Å². The molecule has 0 aliphatic carbocycles. The Hall–Kier alpha value is -2.37. The number of aromatic carboxylic acids is 1. The van der Waals surface area contributed by atoms with Crippen molar-refractivity contribution in [2.45, 2.75) is 20.3 Å². The third-order valence-corrected chi connectivity index (χ3v) is 2.70. The van der Waals surface area contributed by atoms with Gasteiger partial charge in [0.05, 0.1) is 16.9 Å². The highest BCUT2D eigenvalue weighted by molar-refractivity contribution is 5.88. The summed E-state index contributed by atoms with van der Waals surface area (Å²) in [6.45, 7) is 3.78. The largest absolute Gasteiger partial charge is 0.478 e. The second-order valence-electron chi connectivity index (χ2n) is 4.33. The number of nitrogens with one attached hydrogen (secondary N) is 1. The number of hydrogen-bond donors (Lipinski definition) is 2. The van der Waals surface area contributed by atoms with Crippen molar-refractivity contribution in [2.75, 3.05) is 5.32 Å². The van der Waals surface area contributed by atoms with Crippen molar-refractivity contribution in [3.8, 4) is 0 Å². The van der Waals surface area contributed by atoms with Gasteiger partial charge in [-0.1, -0.05) is 6.92 Å². The van der Waals surface area contributed by atoms with Crippen LogP contribution >= 0.6 is 0 Å². The van der Waals surface area contributed by atoms with E-state index in [4.69, 9.17) is 5.11 Å². The van der Waals surface area contributed by atoms with Crippen molar-refractivity contribution >= 4 is 17.5 Å².